The Morgan fingerprint density at radius 1 is 1.31 bits per heavy atom. The van der Waals surface area contributed by atoms with Crippen molar-refractivity contribution in [1.29, 1.82) is 0 Å². The minimum absolute atomic E-state index is 0.0984. The molecule has 1 atom stereocenters. The minimum atomic E-state index is 0.0984. The Bertz CT molecular complexity index is 439. The third-order valence-corrected chi connectivity index (χ3v) is 2.46. The van der Waals surface area contributed by atoms with E-state index in [1.54, 1.807) is 0 Å². The highest BCUT2D eigenvalue weighted by atomic mass is 16.5. The number of nitrogens with zero attached hydrogens (tertiary/aromatic N) is 2. The van der Waals surface area contributed by atoms with Gasteiger partial charge in [-0.1, -0.05) is 30.3 Å². The lowest BCUT2D eigenvalue weighted by atomic mass is 10.1. The van der Waals surface area contributed by atoms with E-state index in [2.05, 4.69) is 10.1 Å². The largest absolute Gasteiger partial charge is 0.334 e. The summed E-state index contributed by atoms with van der Waals surface area (Å²) in [5, 5.41) is 3.91. The molecule has 2 N–H and O–H groups in total. The lowest BCUT2D eigenvalue weighted by molar-refractivity contribution is 0.419. The summed E-state index contributed by atoms with van der Waals surface area (Å²) in [7, 11) is 0. The smallest absolute Gasteiger partial charge is 0.257 e. The second kappa shape index (κ2) is 4.90. The second-order valence-corrected chi connectivity index (χ2v) is 3.75. The number of hydrogen-bond acceptors (Lipinski definition) is 4. The molecule has 0 saturated carbocycles. The van der Waals surface area contributed by atoms with Crippen molar-refractivity contribution < 1.29 is 4.52 Å². The zero-order chi connectivity index (χ0) is 11.4. The van der Waals surface area contributed by atoms with Crippen molar-refractivity contribution in [3.8, 4) is 11.5 Å². The van der Waals surface area contributed by atoms with Crippen LogP contribution in [0.3, 0.4) is 0 Å². The molecule has 0 fully saturated rings. The summed E-state index contributed by atoms with van der Waals surface area (Å²) in [6, 6.07) is 9.82. The van der Waals surface area contributed by atoms with Crippen molar-refractivity contribution in [2.24, 2.45) is 5.73 Å². The molecule has 0 bridgehead atoms. The van der Waals surface area contributed by atoms with Gasteiger partial charge in [0.05, 0.1) is 0 Å². The topological polar surface area (TPSA) is 64.9 Å². The molecule has 1 aromatic carbocycles. The van der Waals surface area contributed by atoms with Gasteiger partial charge in [-0.2, -0.15) is 4.98 Å². The fourth-order valence-electron chi connectivity index (χ4n) is 1.41. The molecule has 1 unspecified atom stereocenters. The first kappa shape index (κ1) is 10.8. The van der Waals surface area contributed by atoms with Gasteiger partial charge in [0.25, 0.3) is 5.89 Å². The average Bonchev–Trinajstić information content (AvgIpc) is 2.78. The van der Waals surface area contributed by atoms with Crippen LogP contribution in [0.15, 0.2) is 34.9 Å². The maximum Gasteiger partial charge on any atom is 0.257 e. The van der Waals surface area contributed by atoms with Crippen LogP contribution < -0.4 is 5.73 Å². The average molecular weight is 217 g/mol. The zero-order valence-corrected chi connectivity index (χ0v) is 9.26. The van der Waals surface area contributed by atoms with Gasteiger partial charge < -0.3 is 10.3 Å². The van der Waals surface area contributed by atoms with E-state index in [-0.39, 0.29) is 6.04 Å². The minimum Gasteiger partial charge on any atom is -0.334 e. The fraction of sp³-hybridized carbons (Fsp3) is 0.333. The van der Waals surface area contributed by atoms with Crippen LogP contribution in [0.5, 0.6) is 0 Å². The van der Waals surface area contributed by atoms with Crippen molar-refractivity contribution in [3.63, 3.8) is 0 Å². The monoisotopic (exact) mass is 217 g/mol. The number of hydrogen-bond donors (Lipinski definition) is 1. The third-order valence-electron chi connectivity index (χ3n) is 2.46. The summed E-state index contributed by atoms with van der Waals surface area (Å²) in [5.74, 6) is 1.23. The Balaban J connectivity index is 2.14. The molecule has 0 aliphatic heterocycles. The van der Waals surface area contributed by atoms with Crippen LogP contribution in [0, 0.1) is 0 Å². The first-order valence-corrected chi connectivity index (χ1v) is 5.43. The molecule has 4 heteroatoms. The molecule has 0 spiro atoms. The van der Waals surface area contributed by atoms with Crippen LogP contribution in [-0.2, 0) is 6.42 Å². The van der Waals surface area contributed by atoms with Gasteiger partial charge in [0.15, 0.2) is 5.82 Å². The standard InChI is InChI=1S/C12H15N3O/c1-2-10(13)8-11-14-12(16-15-11)9-6-4-3-5-7-9/h3-7,10H,2,8,13H2,1H3. The summed E-state index contributed by atoms with van der Waals surface area (Å²) in [6.07, 6.45) is 1.57. The van der Waals surface area contributed by atoms with Gasteiger partial charge in [-0.3, -0.25) is 0 Å². The van der Waals surface area contributed by atoms with Crippen LogP contribution in [0.1, 0.15) is 19.2 Å². The number of nitrogens with two attached hydrogens (primary N) is 1. The van der Waals surface area contributed by atoms with E-state index in [1.165, 1.54) is 0 Å². The predicted octanol–water partition coefficient (Wildman–Crippen LogP) is 2.02. The first-order valence-electron chi connectivity index (χ1n) is 5.43. The van der Waals surface area contributed by atoms with Crippen molar-refractivity contribution in [2.75, 3.05) is 0 Å². The second-order valence-electron chi connectivity index (χ2n) is 3.75. The van der Waals surface area contributed by atoms with E-state index < -0.39 is 0 Å². The van der Waals surface area contributed by atoms with Crippen LogP contribution in [0.2, 0.25) is 0 Å². The number of aromatic nitrogens is 2. The van der Waals surface area contributed by atoms with E-state index >= 15 is 0 Å². The number of benzene rings is 1. The van der Waals surface area contributed by atoms with Gasteiger partial charge in [0.2, 0.25) is 0 Å². The molecule has 2 rings (SSSR count). The van der Waals surface area contributed by atoms with Crippen molar-refractivity contribution in [1.82, 2.24) is 10.1 Å². The molecule has 0 aliphatic carbocycles. The van der Waals surface area contributed by atoms with Crippen LogP contribution in [0.25, 0.3) is 11.5 Å². The Morgan fingerprint density at radius 2 is 2.06 bits per heavy atom. The third kappa shape index (κ3) is 2.46. The van der Waals surface area contributed by atoms with Crippen molar-refractivity contribution >= 4 is 0 Å². The molecule has 16 heavy (non-hydrogen) atoms. The molecule has 2 aromatic rings. The Labute approximate surface area is 94.5 Å². The molecule has 1 aromatic heterocycles. The Hall–Kier alpha value is -1.68. The van der Waals surface area contributed by atoms with Gasteiger partial charge in [0.1, 0.15) is 0 Å². The summed E-state index contributed by atoms with van der Waals surface area (Å²) < 4.78 is 5.18. The number of rotatable bonds is 4. The fourth-order valence-corrected chi connectivity index (χ4v) is 1.41. The molecule has 4 nitrogen and oxygen atoms in total. The Morgan fingerprint density at radius 3 is 2.75 bits per heavy atom. The molecule has 0 aliphatic rings. The maximum atomic E-state index is 5.83. The molecule has 0 saturated heterocycles. The molecule has 84 valence electrons. The van der Waals surface area contributed by atoms with E-state index in [9.17, 15) is 0 Å². The molecule has 1 heterocycles. The molecule has 0 amide bonds. The van der Waals surface area contributed by atoms with Gasteiger partial charge in [-0.15, -0.1) is 0 Å². The van der Waals surface area contributed by atoms with Crippen molar-refractivity contribution in [3.05, 3.63) is 36.2 Å². The van der Waals surface area contributed by atoms with Gasteiger partial charge in [0, 0.05) is 18.0 Å². The lowest BCUT2D eigenvalue weighted by Crippen LogP contribution is -2.21. The summed E-state index contributed by atoms with van der Waals surface area (Å²) >= 11 is 0. The molecular weight excluding hydrogens is 202 g/mol. The zero-order valence-electron chi connectivity index (χ0n) is 9.26. The summed E-state index contributed by atoms with van der Waals surface area (Å²) in [6.45, 7) is 2.04. The van der Waals surface area contributed by atoms with Gasteiger partial charge in [-0.25, -0.2) is 0 Å². The van der Waals surface area contributed by atoms with Crippen LogP contribution in [0.4, 0.5) is 0 Å². The first-order chi connectivity index (χ1) is 7.79. The van der Waals surface area contributed by atoms with Crippen molar-refractivity contribution in [2.45, 2.75) is 25.8 Å². The Kier molecular flexibility index (Phi) is 3.31. The highest BCUT2D eigenvalue weighted by molar-refractivity contribution is 5.51. The lowest BCUT2D eigenvalue weighted by Gasteiger charge is -2.02. The van der Waals surface area contributed by atoms with E-state index in [1.807, 2.05) is 37.3 Å². The quantitative estimate of drug-likeness (QED) is 0.850. The summed E-state index contributed by atoms with van der Waals surface area (Å²) in [4.78, 5) is 4.31. The highest BCUT2D eigenvalue weighted by Gasteiger charge is 2.10. The maximum absolute atomic E-state index is 5.83. The summed E-state index contributed by atoms with van der Waals surface area (Å²) in [5.41, 5.74) is 6.77. The van der Waals surface area contributed by atoms with Crippen LogP contribution >= 0.6 is 0 Å². The van der Waals surface area contributed by atoms with Crippen LogP contribution in [-0.4, -0.2) is 16.2 Å². The normalized spacial score (nSPS) is 12.6. The SMILES string of the molecule is CCC(N)Cc1noc(-c2ccccc2)n1. The highest BCUT2D eigenvalue weighted by Crippen LogP contribution is 2.16. The van der Waals surface area contributed by atoms with E-state index in [0.29, 0.717) is 18.1 Å². The van der Waals surface area contributed by atoms with Gasteiger partial charge in [-0.05, 0) is 18.6 Å². The van der Waals surface area contributed by atoms with Gasteiger partial charge >= 0.3 is 0 Å². The predicted molar refractivity (Wildman–Crippen MR) is 61.7 cm³/mol. The van der Waals surface area contributed by atoms with E-state index in [4.69, 9.17) is 10.3 Å². The van der Waals surface area contributed by atoms with E-state index in [0.717, 1.165) is 12.0 Å². The molecular formula is C12H15N3O. The molecule has 0 radical (unpaired) electrons.